The van der Waals surface area contributed by atoms with Gasteiger partial charge in [-0.25, -0.2) is 15.0 Å². The summed E-state index contributed by atoms with van der Waals surface area (Å²) in [5.41, 5.74) is 2.52. The van der Waals surface area contributed by atoms with E-state index in [-0.39, 0.29) is 11.7 Å². The van der Waals surface area contributed by atoms with Crippen molar-refractivity contribution in [2.45, 2.75) is 77.5 Å². The van der Waals surface area contributed by atoms with Crippen molar-refractivity contribution in [2.24, 2.45) is 0 Å². The molecule has 1 unspecified atom stereocenters. The zero-order valence-corrected chi connectivity index (χ0v) is 19.7. The van der Waals surface area contributed by atoms with Crippen LogP contribution in [0.4, 0.5) is 17.3 Å². The normalized spacial score (nSPS) is 15.0. The lowest BCUT2D eigenvalue weighted by molar-refractivity contribution is -0.0640. The molecular weight excluding hydrogens is 404 g/mol. The van der Waals surface area contributed by atoms with Crippen molar-refractivity contribution >= 4 is 28.4 Å². The average molecular weight is 439 g/mol. The lowest BCUT2D eigenvalue weighted by Gasteiger charge is -2.26. The molecule has 1 atom stereocenters. The van der Waals surface area contributed by atoms with E-state index in [0.717, 1.165) is 47.6 Å². The molecular formula is C24H34N6O2. The van der Waals surface area contributed by atoms with Crippen molar-refractivity contribution in [2.75, 3.05) is 17.7 Å². The van der Waals surface area contributed by atoms with Crippen molar-refractivity contribution in [3.05, 3.63) is 30.4 Å². The number of rotatable bonds is 10. The predicted molar refractivity (Wildman–Crippen MR) is 128 cm³/mol. The van der Waals surface area contributed by atoms with Crippen molar-refractivity contribution in [3.8, 4) is 5.75 Å². The molecule has 0 spiro atoms. The first-order chi connectivity index (χ1) is 15.3. The molecule has 1 aliphatic rings. The molecule has 1 aromatic carbocycles. The van der Waals surface area contributed by atoms with Gasteiger partial charge in [0.25, 0.3) is 0 Å². The number of aromatic amines is 1. The number of aryl methyl sites for hydroxylation is 1. The van der Waals surface area contributed by atoms with Gasteiger partial charge in [-0.2, -0.15) is 0 Å². The van der Waals surface area contributed by atoms with E-state index in [0.29, 0.717) is 17.6 Å². The van der Waals surface area contributed by atoms with Gasteiger partial charge in [-0.1, -0.05) is 6.92 Å². The molecule has 32 heavy (non-hydrogen) atoms. The van der Waals surface area contributed by atoms with Gasteiger partial charge in [0.2, 0.25) is 0 Å². The minimum absolute atomic E-state index is 0.141. The Morgan fingerprint density at radius 2 is 1.94 bits per heavy atom. The quantitative estimate of drug-likeness (QED) is 0.400. The Hall–Kier alpha value is -2.87. The standard InChI is InChI=1S/C24H34N6O2/c1-6-16(32-24(2,3)4)9-10-21-28-17-11-19(20(31-5)12-18(17)29-21)30-23-13-22(25-14-26-23)27-15-7-8-15/h11-16H,6-10H2,1-5H3,(H,28,29)(H2,25,26,27,30). The Kier molecular flexibility index (Phi) is 6.50. The maximum atomic E-state index is 6.15. The van der Waals surface area contributed by atoms with Gasteiger partial charge in [-0.05, 0) is 52.5 Å². The Morgan fingerprint density at radius 1 is 1.16 bits per heavy atom. The zero-order valence-electron chi connectivity index (χ0n) is 19.7. The fourth-order valence-corrected chi connectivity index (χ4v) is 3.70. The summed E-state index contributed by atoms with van der Waals surface area (Å²) in [6, 6.07) is 6.42. The summed E-state index contributed by atoms with van der Waals surface area (Å²) in [5.74, 6) is 3.21. The molecule has 4 rings (SSSR count). The summed E-state index contributed by atoms with van der Waals surface area (Å²) < 4.78 is 11.8. The average Bonchev–Trinajstić information content (AvgIpc) is 3.46. The lowest BCUT2D eigenvalue weighted by Crippen LogP contribution is -2.27. The number of hydrogen-bond acceptors (Lipinski definition) is 7. The van der Waals surface area contributed by atoms with Crippen molar-refractivity contribution in [3.63, 3.8) is 0 Å². The Labute approximate surface area is 189 Å². The second-order valence-corrected chi connectivity index (χ2v) is 9.38. The van der Waals surface area contributed by atoms with Crippen molar-refractivity contribution < 1.29 is 9.47 Å². The van der Waals surface area contributed by atoms with E-state index < -0.39 is 0 Å². The molecule has 0 aliphatic heterocycles. The molecule has 8 nitrogen and oxygen atoms in total. The SMILES string of the molecule is CCC(CCc1nc2cc(OC)c(Nc3cc(NC4CC4)ncn3)cc2[nH]1)OC(C)(C)C. The summed E-state index contributed by atoms with van der Waals surface area (Å²) in [6.07, 6.45) is 6.91. The van der Waals surface area contributed by atoms with E-state index in [2.05, 4.69) is 53.3 Å². The fraction of sp³-hybridized carbons (Fsp3) is 0.542. The second kappa shape index (κ2) is 9.32. The number of fused-ring (bicyclic) bond motifs is 1. The van der Waals surface area contributed by atoms with Crippen LogP contribution in [0.15, 0.2) is 24.5 Å². The molecule has 1 saturated carbocycles. The van der Waals surface area contributed by atoms with Gasteiger partial charge in [0.05, 0.1) is 35.5 Å². The highest BCUT2D eigenvalue weighted by molar-refractivity contribution is 5.84. The van der Waals surface area contributed by atoms with Gasteiger partial charge in [-0.3, -0.25) is 0 Å². The molecule has 1 fully saturated rings. The molecule has 8 heteroatoms. The predicted octanol–water partition coefficient (Wildman–Crippen LogP) is 5.21. The van der Waals surface area contributed by atoms with E-state index >= 15 is 0 Å². The highest BCUT2D eigenvalue weighted by atomic mass is 16.5. The third-order valence-electron chi connectivity index (χ3n) is 5.39. The van der Waals surface area contributed by atoms with Crippen molar-refractivity contribution in [1.29, 1.82) is 0 Å². The van der Waals surface area contributed by atoms with E-state index in [1.807, 2.05) is 18.2 Å². The number of aromatic nitrogens is 4. The van der Waals surface area contributed by atoms with Gasteiger partial charge < -0.3 is 25.1 Å². The molecule has 0 saturated heterocycles. The molecule has 2 aromatic heterocycles. The Morgan fingerprint density at radius 3 is 2.62 bits per heavy atom. The minimum Gasteiger partial charge on any atom is -0.494 e. The maximum Gasteiger partial charge on any atom is 0.144 e. The molecule has 2 heterocycles. The van der Waals surface area contributed by atoms with Crippen molar-refractivity contribution in [1.82, 2.24) is 19.9 Å². The van der Waals surface area contributed by atoms with Crippen LogP contribution in [0.3, 0.4) is 0 Å². The number of nitrogens with zero attached hydrogens (tertiary/aromatic N) is 3. The number of hydrogen-bond donors (Lipinski definition) is 3. The highest BCUT2D eigenvalue weighted by Gasteiger charge is 2.21. The van der Waals surface area contributed by atoms with Gasteiger partial charge in [0.1, 0.15) is 29.5 Å². The third-order valence-corrected chi connectivity index (χ3v) is 5.39. The third kappa shape index (κ3) is 5.88. The molecule has 172 valence electrons. The van der Waals surface area contributed by atoms with Crippen LogP contribution in [0.1, 0.15) is 59.2 Å². The van der Waals surface area contributed by atoms with E-state index in [4.69, 9.17) is 14.5 Å². The number of benzene rings is 1. The maximum absolute atomic E-state index is 6.15. The van der Waals surface area contributed by atoms with Crippen LogP contribution in [-0.4, -0.2) is 44.8 Å². The molecule has 1 aliphatic carbocycles. The molecule has 0 amide bonds. The molecule has 3 N–H and O–H groups in total. The van der Waals surface area contributed by atoms with Gasteiger partial charge in [0.15, 0.2) is 0 Å². The minimum atomic E-state index is -0.141. The fourth-order valence-electron chi connectivity index (χ4n) is 3.70. The summed E-state index contributed by atoms with van der Waals surface area (Å²) in [6.45, 7) is 8.46. The molecule has 0 radical (unpaired) electrons. The monoisotopic (exact) mass is 438 g/mol. The number of imidazole rings is 1. The first kappa shape index (κ1) is 22.3. The summed E-state index contributed by atoms with van der Waals surface area (Å²) >= 11 is 0. The number of nitrogens with one attached hydrogen (secondary N) is 3. The van der Waals surface area contributed by atoms with Gasteiger partial charge >= 0.3 is 0 Å². The zero-order chi connectivity index (χ0) is 22.7. The first-order valence-corrected chi connectivity index (χ1v) is 11.4. The van der Waals surface area contributed by atoms with Gasteiger partial charge in [-0.15, -0.1) is 0 Å². The topological polar surface area (TPSA) is 97.0 Å². The van der Waals surface area contributed by atoms with E-state index in [1.165, 1.54) is 12.8 Å². The van der Waals surface area contributed by atoms with Crippen LogP contribution in [0, 0.1) is 0 Å². The van der Waals surface area contributed by atoms with Crippen LogP contribution in [0.5, 0.6) is 5.75 Å². The number of anilines is 3. The van der Waals surface area contributed by atoms with Crippen LogP contribution in [-0.2, 0) is 11.2 Å². The van der Waals surface area contributed by atoms with Gasteiger partial charge in [0, 0.05) is 24.6 Å². The molecule has 0 bridgehead atoms. The molecule has 3 aromatic rings. The summed E-state index contributed by atoms with van der Waals surface area (Å²) in [4.78, 5) is 16.9. The van der Waals surface area contributed by atoms with E-state index in [1.54, 1.807) is 13.4 Å². The second-order valence-electron chi connectivity index (χ2n) is 9.38. The highest BCUT2D eigenvalue weighted by Crippen LogP contribution is 2.32. The number of methoxy groups -OCH3 is 1. The van der Waals surface area contributed by atoms with E-state index in [9.17, 15) is 0 Å². The summed E-state index contributed by atoms with van der Waals surface area (Å²) in [7, 11) is 1.66. The first-order valence-electron chi connectivity index (χ1n) is 11.4. The number of H-pyrrole nitrogens is 1. The Bertz CT molecular complexity index is 1050. The lowest BCUT2D eigenvalue weighted by atomic mass is 10.1. The van der Waals surface area contributed by atoms with Crippen LogP contribution in [0.2, 0.25) is 0 Å². The van der Waals surface area contributed by atoms with Crippen LogP contribution < -0.4 is 15.4 Å². The Balaban J connectivity index is 1.49. The smallest absolute Gasteiger partial charge is 0.144 e. The van der Waals surface area contributed by atoms with Crippen LogP contribution in [0.25, 0.3) is 11.0 Å². The number of ether oxygens (including phenoxy) is 2. The largest absolute Gasteiger partial charge is 0.494 e. The van der Waals surface area contributed by atoms with Crippen LogP contribution >= 0.6 is 0 Å². The summed E-state index contributed by atoms with van der Waals surface area (Å²) in [5, 5.41) is 6.76.